The van der Waals surface area contributed by atoms with Gasteiger partial charge in [-0.2, -0.15) is 0 Å². The van der Waals surface area contributed by atoms with Crippen LogP contribution in [0.25, 0.3) is 11.0 Å². The van der Waals surface area contributed by atoms with Crippen LogP contribution in [0.2, 0.25) is 0 Å². The smallest absolute Gasteiger partial charge is 0.273 e. The number of rotatable bonds is 1. The van der Waals surface area contributed by atoms with Gasteiger partial charge < -0.3 is 0 Å². The summed E-state index contributed by atoms with van der Waals surface area (Å²) in [6, 6.07) is 4.57. The van der Waals surface area contributed by atoms with Crippen LogP contribution in [-0.4, -0.2) is 9.55 Å². The molecule has 3 nitrogen and oxygen atoms in total. The van der Waals surface area contributed by atoms with E-state index in [4.69, 9.17) is 0 Å². The van der Waals surface area contributed by atoms with Crippen molar-refractivity contribution in [3.05, 3.63) is 40.1 Å². The quantitative estimate of drug-likeness (QED) is 0.745. The Morgan fingerprint density at radius 3 is 2.93 bits per heavy atom. The summed E-state index contributed by atoms with van der Waals surface area (Å²) in [7, 11) is 0. The first-order valence-corrected chi connectivity index (χ1v) is 5.49. The topological polar surface area (TPSA) is 34.9 Å². The molecule has 0 aliphatic heterocycles. The van der Waals surface area contributed by atoms with Crippen molar-refractivity contribution >= 4 is 27.0 Å². The van der Waals surface area contributed by atoms with Gasteiger partial charge in [0.2, 0.25) is 0 Å². The molecule has 0 radical (unpaired) electrons. The molecule has 0 atom stereocenters. The van der Waals surface area contributed by atoms with Crippen molar-refractivity contribution in [2.24, 2.45) is 0 Å². The molecule has 0 spiro atoms. The fraction of sp³-hybridized carbons (Fsp3) is 0.200. The predicted octanol–water partition coefficient (Wildman–Crippen LogP) is 2.20. The van der Waals surface area contributed by atoms with E-state index < -0.39 is 5.82 Å². The van der Waals surface area contributed by atoms with Crippen molar-refractivity contribution in [2.75, 3.05) is 0 Å². The van der Waals surface area contributed by atoms with Crippen LogP contribution in [0.3, 0.4) is 0 Å². The van der Waals surface area contributed by atoms with Crippen LogP contribution in [0.5, 0.6) is 0 Å². The normalized spacial score (nSPS) is 10.9. The van der Waals surface area contributed by atoms with Gasteiger partial charge in [-0.1, -0.05) is 22.0 Å². The molecule has 5 heteroatoms. The highest BCUT2D eigenvalue weighted by atomic mass is 79.9. The Hall–Kier alpha value is -1.23. The van der Waals surface area contributed by atoms with Crippen LogP contribution in [0.1, 0.15) is 5.69 Å². The van der Waals surface area contributed by atoms with Crippen LogP contribution in [-0.2, 0) is 5.45 Å². The SMILES string of the molecule is Cc1nc2c(F)cccc2n(CBr)c1=O. The Balaban J connectivity index is 3.01. The van der Waals surface area contributed by atoms with Gasteiger partial charge in [-0.05, 0) is 19.1 Å². The molecule has 0 aliphatic carbocycles. The Labute approximate surface area is 93.7 Å². The van der Waals surface area contributed by atoms with Gasteiger partial charge in [0.05, 0.1) is 11.0 Å². The number of nitrogens with zero attached hydrogens (tertiary/aromatic N) is 2. The molecule has 1 aromatic carbocycles. The number of para-hydroxylation sites is 1. The van der Waals surface area contributed by atoms with E-state index in [2.05, 4.69) is 20.9 Å². The van der Waals surface area contributed by atoms with E-state index >= 15 is 0 Å². The number of hydrogen-bond acceptors (Lipinski definition) is 2. The second-order valence-corrected chi connectivity index (χ2v) is 3.66. The third-order valence-electron chi connectivity index (χ3n) is 2.21. The highest BCUT2D eigenvalue weighted by Gasteiger charge is 2.09. The molecular weight excluding hydrogens is 263 g/mol. The summed E-state index contributed by atoms with van der Waals surface area (Å²) in [4.78, 5) is 15.6. The van der Waals surface area contributed by atoms with Crippen molar-refractivity contribution in [2.45, 2.75) is 12.4 Å². The van der Waals surface area contributed by atoms with Gasteiger partial charge in [-0.25, -0.2) is 9.37 Å². The first-order chi connectivity index (χ1) is 7.15. The molecule has 15 heavy (non-hydrogen) atoms. The molecule has 0 bridgehead atoms. The molecule has 0 unspecified atom stereocenters. The van der Waals surface area contributed by atoms with Crippen LogP contribution >= 0.6 is 15.9 Å². The lowest BCUT2D eigenvalue weighted by atomic mass is 10.2. The van der Waals surface area contributed by atoms with Crippen LogP contribution < -0.4 is 5.56 Å². The molecule has 78 valence electrons. The Morgan fingerprint density at radius 1 is 1.53 bits per heavy atom. The Kier molecular flexibility index (Phi) is 2.56. The van der Waals surface area contributed by atoms with Crippen molar-refractivity contribution in [3.8, 4) is 0 Å². The van der Waals surface area contributed by atoms with Gasteiger partial charge >= 0.3 is 0 Å². The molecule has 0 amide bonds. The average molecular weight is 271 g/mol. The van der Waals surface area contributed by atoms with E-state index in [1.165, 1.54) is 10.6 Å². The highest BCUT2D eigenvalue weighted by Crippen LogP contribution is 2.14. The second-order valence-electron chi connectivity index (χ2n) is 3.16. The molecule has 0 N–H and O–H groups in total. The van der Waals surface area contributed by atoms with Crippen LogP contribution in [0.4, 0.5) is 4.39 Å². The van der Waals surface area contributed by atoms with E-state index in [1.54, 1.807) is 19.1 Å². The minimum absolute atomic E-state index is 0.204. The molecule has 1 aromatic heterocycles. The van der Waals surface area contributed by atoms with Gasteiger partial charge in [-0.15, -0.1) is 0 Å². The zero-order chi connectivity index (χ0) is 11.0. The van der Waals surface area contributed by atoms with Gasteiger partial charge in [0, 0.05) is 0 Å². The lowest BCUT2D eigenvalue weighted by Gasteiger charge is -2.07. The van der Waals surface area contributed by atoms with Crippen LogP contribution in [0, 0.1) is 12.7 Å². The second kappa shape index (κ2) is 3.73. The van der Waals surface area contributed by atoms with Crippen molar-refractivity contribution < 1.29 is 4.39 Å². The van der Waals surface area contributed by atoms with Crippen molar-refractivity contribution in [1.82, 2.24) is 9.55 Å². The van der Waals surface area contributed by atoms with E-state index in [0.717, 1.165) is 0 Å². The fourth-order valence-electron chi connectivity index (χ4n) is 1.47. The summed E-state index contributed by atoms with van der Waals surface area (Å²) in [6.45, 7) is 1.58. The zero-order valence-corrected chi connectivity index (χ0v) is 9.58. The van der Waals surface area contributed by atoms with E-state index in [9.17, 15) is 9.18 Å². The number of benzene rings is 1. The Morgan fingerprint density at radius 2 is 2.27 bits per heavy atom. The third-order valence-corrected chi connectivity index (χ3v) is 2.71. The van der Waals surface area contributed by atoms with Crippen molar-refractivity contribution in [3.63, 3.8) is 0 Å². The minimum Gasteiger partial charge on any atom is -0.295 e. The summed E-state index contributed by atoms with van der Waals surface area (Å²) in [5.74, 6) is -0.412. The molecule has 2 rings (SSSR count). The molecule has 0 aliphatic rings. The molecular formula is C10H8BrFN2O. The number of fused-ring (bicyclic) bond motifs is 1. The lowest BCUT2D eigenvalue weighted by molar-refractivity contribution is 0.634. The van der Waals surface area contributed by atoms with Gasteiger partial charge in [-0.3, -0.25) is 9.36 Å². The monoisotopic (exact) mass is 270 g/mol. The fourth-order valence-corrected chi connectivity index (χ4v) is 1.97. The van der Waals surface area contributed by atoms with Gasteiger partial charge in [0.15, 0.2) is 5.82 Å². The number of alkyl halides is 1. The van der Waals surface area contributed by atoms with Crippen LogP contribution in [0.15, 0.2) is 23.0 Å². The molecule has 2 aromatic rings. The minimum atomic E-state index is -0.412. The third kappa shape index (κ3) is 1.56. The van der Waals surface area contributed by atoms with E-state index in [0.29, 0.717) is 16.7 Å². The van der Waals surface area contributed by atoms with Crippen molar-refractivity contribution in [1.29, 1.82) is 0 Å². The summed E-state index contributed by atoms with van der Waals surface area (Å²) < 4.78 is 14.9. The predicted molar refractivity (Wildman–Crippen MR) is 59.6 cm³/mol. The highest BCUT2D eigenvalue weighted by molar-refractivity contribution is 9.08. The standard InChI is InChI=1S/C10H8BrFN2O/c1-6-10(15)14(5-11)8-4-2-3-7(12)9(8)13-6/h2-4H,5H2,1H3. The average Bonchev–Trinajstić information content (AvgIpc) is 2.22. The molecule has 0 fully saturated rings. The maximum Gasteiger partial charge on any atom is 0.273 e. The summed E-state index contributed by atoms with van der Waals surface area (Å²) in [6.07, 6.45) is 0. The number of halogens is 2. The summed E-state index contributed by atoms with van der Waals surface area (Å²) in [5, 5.41) is 0. The van der Waals surface area contributed by atoms with Gasteiger partial charge in [0.25, 0.3) is 5.56 Å². The van der Waals surface area contributed by atoms with E-state index in [1.807, 2.05) is 0 Å². The van der Waals surface area contributed by atoms with E-state index in [-0.39, 0.29) is 11.1 Å². The maximum atomic E-state index is 13.4. The first-order valence-electron chi connectivity index (χ1n) is 4.37. The summed E-state index contributed by atoms with van der Waals surface area (Å²) in [5.41, 5.74) is 1.16. The molecule has 0 saturated carbocycles. The zero-order valence-electron chi connectivity index (χ0n) is 8.00. The number of hydrogen-bond donors (Lipinski definition) is 0. The number of aryl methyl sites for hydroxylation is 1. The molecule has 1 heterocycles. The maximum absolute atomic E-state index is 13.4. The first kappa shape index (κ1) is 10.3. The number of aromatic nitrogens is 2. The Bertz CT molecular complexity index is 579. The molecule has 0 saturated heterocycles. The van der Waals surface area contributed by atoms with Gasteiger partial charge in [0.1, 0.15) is 11.2 Å². The largest absolute Gasteiger partial charge is 0.295 e. The summed E-state index contributed by atoms with van der Waals surface area (Å²) >= 11 is 3.20. The lowest BCUT2D eigenvalue weighted by Crippen LogP contribution is -2.22.